The van der Waals surface area contributed by atoms with Crippen LogP contribution < -0.4 is 14.8 Å². The van der Waals surface area contributed by atoms with Crippen LogP contribution in [0.5, 0.6) is 11.5 Å². The van der Waals surface area contributed by atoms with E-state index in [9.17, 15) is 9.59 Å². The Balaban J connectivity index is 1.64. The van der Waals surface area contributed by atoms with Gasteiger partial charge in [0.25, 0.3) is 5.91 Å². The number of anilines is 1. The Kier molecular flexibility index (Phi) is 6.32. The molecule has 8 nitrogen and oxygen atoms in total. The lowest BCUT2D eigenvalue weighted by atomic mass is 10.1. The number of esters is 1. The Bertz CT molecular complexity index is 1340. The lowest BCUT2D eigenvalue weighted by molar-refractivity contribution is 0.0526. The van der Waals surface area contributed by atoms with Crippen LogP contribution in [0, 0.1) is 0 Å². The first-order valence-corrected chi connectivity index (χ1v) is 11.0. The number of thiophene rings is 1. The highest BCUT2D eigenvalue weighted by Gasteiger charge is 2.19. The summed E-state index contributed by atoms with van der Waals surface area (Å²) in [7, 11) is 5.01. The van der Waals surface area contributed by atoms with Crippen LogP contribution in [0.3, 0.4) is 0 Å². The highest BCUT2D eigenvalue weighted by atomic mass is 32.1. The number of fused-ring (bicyclic) bond motifs is 1. The minimum Gasteiger partial charge on any atom is -0.493 e. The van der Waals surface area contributed by atoms with E-state index >= 15 is 0 Å². The third-order valence-corrected chi connectivity index (χ3v) is 6.22. The molecule has 9 heteroatoms. The predicted molar refractivity (Wildman–Crippen MR) is 127 cm³/mol. The summed E-state index contributed by atoms with van der Waals surface area (Å²) in [6.07, 6.45) is 0. The van der Waals surface area contributed by atoms with Gasteiger partial charge in [0, 0.05) is 23.7 Å². The molecule has 2 heterocycles. The predicted octanol–water partition coefficient (Wildman–Crippen LogP) is 4.75. The maximum atomic E-state index is 12.9. The third kappa shape index (κ3) is 4.40. The van der Waals surface area contributed by atoms with Gasteiger partial charge in [-0.1, -0.05) is 6.07 Å². The number of amides is 1. The quantitative estimate of drug-likeness (QED) is 0.396. The van der Waals surface area contributed by atoms with Crippen molar-refractivity contribution in [3.8, 4) is 22.8 Å². The van der Waals surface area contributed by atoms with Gasteiger partial charge in [-0.05, 0) is 49.4 Å². The van der Waals surface area contributed by atoms with Crippen molar-refractivity contribution in [3.05, 3.63) is 59.0 Å². The lowest BCUT2D eigenvalue weighted by Gasteiger charge is -2.08. The minimum atomic E-state index is -0.430. The van der Waals surface area contributed by atoms with Gasteiger partial charge in [0.1, 0.15) is 10.5 Å². The van der Waals surface area contributed by atoms with E-state index in [0.717, 1.165) is 21.5 Å². The van der Waals surface area contributed by atoms with E-state index in [0.29, 0.717) is 27.6 Å². The Morgan fingerprint density at radius 1 is 1.06 bits per heavy atom. The van der Waals surface area contributed by atoms with E-state index in [1.807, 2.05) is 31.3 Å². The van der Waals surface area contributed by atoms with Crippen molar-refractivity contribution >= 4 is 39.1 Å². The first kappa shape index (κ1) is 22.3. The number of aromatic nitrogens is 2. The molecule has 0 saturated heterocycles. The van der Waals surface area contributed by atoms with Crippen molar-refractivity contribution < 1.29 is 23.8 Å². The van der Waals surface area contributed by atoms with Gasteiger partial charge in [0.15, 0.2) is 11.5 Å². The monoisotopic (exact) mass is 465 g/mol. The molecule has 0 aliphatic rings. The second-order valence-electron chi connectivity index (χ2n) is 7.13. The van der Waals surface area contributed by atoms with Gasteiger partial charge < -0.3 is 19.5 Å². The number of methoxy groups -OCH3 is 2. The first-order chi connectivity index (χ1) is 15.9. The van der Waals surface area contributed by atoms with Crippen LogP contribution in [0.15, 0.2) is 48.5 Å². The number of hydrogen-bond acceptors (Lipinski definition) is 7. The largest absolute Gasteiger partial charge is 0.493 e. The third-order valence-electron chi connectivity index (χ3n) is 5.02. The molecular formula is C24H23N3O5S. The van der Waals surface area contributed by atoms with E-state index in [-0.39, 0.29) is 12.5 Å². The molecule has 1 amide bonds. The normalized spacial score (nSPS) is 10.8. The van der Waals surface area contributed by atoms with Crippen LogP contribution in [0.4, 0.5) is 5.69 Å². The maximum Gasteiger partial charge on any atom is 0.338 e. The molecule has 2 aromatic carbocycles. The second kappa shape index (κ2) is 9.33. The fraction of sp³-hybridized carbons (Fsp3) is 0.208. The van der Waals surface area contributed by atoms with Crippen molar-refractivity contribution in [3.63, 3.8) is 0 Å². The number of ether oxygens (including phenoxy) is 3. The van der Waals surface area contributed by atoms with Crippen molar-refractivity contribution in [2.24, 2.45) is 7.05 Å². The summed E-state index contributed by atoms with van der Waals surface area (Å²) >= 11 is 1.34. The van der Waals surface area contributed by atoms with E-state index in [1.54, 1.807) is 50.1 Å². The molecule has 0 atom stereocenters. The van der Waals surface area contributed by atoms with Crippen LogP contribution in [-0.4, -0.2) is 42.5 Å². The molecule has 2 aromatic heterocycles. The summed E-state index contributed by atoms with van der Waals surface area (Å²) in [5.74, 6) is 0.531. The number of aryl methyl sites for hydroxylation is 1. The van der Waals surface area contributed by atoms with Gasteiger partial charge in [-0.2, -0.15) is 5.10 Å². The summed E-state index contributed by atoms with van der Waals surface area (Å²) in [6, 6.07) is 14.1. The molecule has 33 heavy (non-hydrogen) atoms. The highest BCUT2D eigenvalue weighted by Crippen LogP contribution is 2.37. The van der Waals surface area contributed by atoms with Gasteiger partial charge in [-0.15, -0.1) is 11.3 Å². The summed E-state index contributed by atoms with van der Waals surface area (Å²) in [6.45, 7) is 2.03. The number of carbonyl (C=O) groups is 2. The average molecular weight is 466 g/mol. The van der Waals surface area contributed by atoms with Crippen molar-refractivity contribution in [1.29, 1.82) is 0 Å². The molecule has 0 bridgehead atoms. The molecule has 170 valence electrons. The van der Waals surface area contributed by atoms with Gasteiger partial charge in [0.2, 0.25) is 0 Å². The molecule has 4 aromatic rings. The molecular weight excluding hydrogens is 442 g/mol. The number of carbonyl (C=O) groups excluding carboxylic acids is 2. The van der Waals surface area contributed by atoms with Gasteiger partial charge in [0.05, 0.1) is 31.3 Å². The number of rotatable bonds is 7. The van der Waals surface area contributed by atoms with Crippen LogP contribution in [-0.2, 0) is 11.8 Å². The van der Waals surface area contributed by atoms with Gasteiger partial charge >= 0.3 is 5.97 Å². The van der Waals surface area contributed by atoms with E-state index < -0.39 is 5.97 Å². The second-order valence-corrected chi connectivity index (χ2v) is 8.16. The molecule has 0 saturated carbocycles. The average Bonchev–Trinajstić information content (AvgIpc) is 3.39. The SMILES string of the molecule is CCOC(=O)c1cccc(NC(=O)c2cc3c(-c4ccc(OC)c(OC)c4)nn(C)c3s2)c1. The van der Waals surface area contributed by atoms with Gasteiger partial charge in [-0.3, -0.25) is 9.48 Å². The van der Waals surface area contributed by atoms with E-state index in [1.165, 1.54) is 11.3 Å². The van der Waals surface area contributed by atoms with Crippen molar-refractivity contribution in [2.75, 3.05) is 26.1 Å². The molecule has 0 aliphatic carbocycles. The number of nitrogens with one attached hydrogen (secondary N) is 1. The van der Waals surface area contributed by atoms with Gasteiger partial charge in [-0.25, -0.2) is 4.79 Å². The summed E-state index contributed by atoms with van der Waals surface area (Å²) in [5.41, 5.74) is 2.49. The number of nitrogens with zero attached hydrogens (tertiary/aromatic N) is 2. The van der Waals surface area contributed by atoms with Crippen LogP contribution in [0.1, 0.15) is 27.0 Å². The first-order valence-electron chi connectivity index (χ1n) is 10.2. The van der Waals surface area contributed by atoms with E-state index in [2.05, 4.69) is 10.4 Å². The zero-order valence-corrected chi connectivity index (χ0v) is 19.5. The number of benzene rings is 2. The zero-order chi connectivity index (χ0) is 23.5. The molecule has 4 rings (SSSR count). The summed E-state index contributed by atoms with van der Waals surface area (Å²) < 4.78 is 17.5. The zero-order valence-electron chi connectivity index (χ0n) is 18.7. The fourth-order valence-corrected chi connectivity index (χ4v) is 4.45. The van der Waals surface area contributed by atoms with Crippen LogP contribution in [0.25, 0.3) is 21.5 Å². The molecule has 0 unspecified atom stereocenters. The van der Waals surface area contributed by atoms with Crippen LogP contribution in [0.2, 0.25) is 0 Å². The Morgan fingerprint density at radius 3 is 2.58 bits per heavy atom. The molecule has 1 N–H and O–H groups in total. The molecule has 0 spiro atoms. The van der Waals surface area contributed by atoms with Crippen LogP contribution >= 0.6 is 11.3 Å². The Hall–Kier alpha value is -3.85. The lowest BCUT2D eigenvalue weighted by Crippen LogP contribution is -2.11. The van der Waals surface area contributed by atoms with E-state index in [4.69, 9.17) is 14.2 Å². The maximum absolute atomic E-state index is 12.9. The van der Waals surface area contributed by atoms with Crippen molar-refractivity contribution in [2.45, 2.75) is 6.92 Å². The smallest absolute Gasteiger partial charge is 0.338 e. The Morgan fingerprint density at radius 2 is 1.85 bits per heavy atom. The minimum absolute atomic E-state index is 0.268. The standard InChI is InChI=1S/C24H23N3O5S/c1-5-32-24(29)15-7-6-8-16(11-15)25-22(28)20-13-17-21(26-27(2)23(17)33-20)14-9-10-18(30-3)19(12-14)31-4/h6-13H,5H2,1-4H3,(H,25,28). The molecule has 0 fully saturated rings. The highest BCUT2D eigenvalue weighted by molar-refractivity contribution is 7.20. The molecule has 0 radical (unpaired) electrons. The summed E-state index contributed by atoms with van der Waals surface area (Å²) in [5, 5.41) is 8.35. The molecule has 0 aliphatic heterocycles. The Labute approximate surface area is 194 Å². The fourth-order valence-electron chi connectivity index (χ4n) is 3.48. The van der Waals surface area contributed by atoms with Crippen molar-refractivity contribution in [1.82, 2.24) is 9.78 Å². The topological polar surface area (TPSA) is 91.7 Å². The summed E-state index contributed by atoms with van der Waals surface area (Å²) in [4.78, 5) is 26.3. The number of hydrogen-bond donors (Lipinski definition) is 1.